The van der Waals surface area contributed by atoms with E-state index in [4.69, 9.17) is 19.8 Å². The molecular formula is C20H20F2N2O6. The Morgan fingerprint density at radius 2 is 1.87 bits per heavy atom. The van der Waals surface area contributed by atoms with E-state index in [0.29, 0.717) is 17.4 Å². The number of anilines is 1. The average molecular weight is 422 g/mol. The molecule has 0 aliphatic heterocycles. The first kappa shape index (κ1) is 22.8. The first-order valence-corrected chi connectivity index (χ1v) is 8.80. The lowest BCUT2D eigenvalue weighted by Gasteiger charge is -2.18. The van der Waals surface area contributed by atoms with Crippen molar-refractivity contribution in [3.63, 3.8) is 0 Å². The molecule has 0 unspecified atom stereocenters. The highest BCUT2D eigenvalue weighted by atomic mass is 19.1. The van der Waals surface area contributed by atoms with Gasteiger partial charge in [-0.1, -0.05) is 18.2 Å². The molecule has 2 aromatic rings. The van der Waals surface area contributed by atoms with Crippen molar-refractivity contribution in [1.29, 1.82) is 0 Å². The number of rotatable bonds is 9. The number of hydrogen-bond donors (Lipinski definition) is 4. The highest BCUT2D eigenvalue weighted by Crippen LogP contribution is 2.25. The molecule has 0 aromatic heterocycles. The zero-order chi connectivity index (χ0) is 21.9. The highest BCUT2D eigenvalue weighted by Gasteiger charge is 2.17. The smallest absolute Gasteiger partial charge is 0.412 e. The minimum Gasteiger partial charge on any atom is -0.491 e. The molecule has 0 saturated carbocycles. The Morgan fingerprint density at radius 3 is 2.50 bits per heavy atom. The van der Waals surface area contributed by atoms with Gasteiger partial charge in [0, 0.05) is 18.6 Å². The Bertz CT molecular complexity index is 889. The van der Waals surface area contributed by atoms with E-state index < -0.39 is 29.7 Å². The Balaban J connectivity index is 2.12. The largest absolute Gasteiger partial charge is 0.491 e. The van der Waals surface area contributed by atoms with Crippen LogP contribution in [-0.4, -0.2) is 35.5 Å². The first-order chi connectivity index (χ1) is 14.4. The zero-order valence-electron chi connectivity index (χ0n) is 15.7. The van der Waals surface area contributed by atoms with E-state index in [2.05, 4.69) is 5.32 Å². The van der Waals surface area contributed by atoms with Crippen LogP contribution in [0.5, 0.6) is 5.75 Å². The first-order valence-electron chi connectivity index (χ1n) is 8.80. The summed E-state index contributed by atoms with van der Waals surface area (Å²) in [6.07, 6.45) is 0.614. The molecule has 0 aliphatic carbocycles. The van der Waals surface area contributed by atoms with Crippen LogP contribution >= 0.6 is 0 Å². The van der Waals surface area contributed by atoms with Gasteiger partial charge in [0.25, 0.3) is 5.91 Å². The number of hydrogen-bond acceptors (Lipinski definition) is 6. The second-order valence-corrected chi connectivity index (χ2v) is 5.90. The van der Waals surface area contributed by atoms with Crippen LogP contribution in [0.4, 0.5) is 19.3 Å². The summed E-state index contributed by atoms with van der Waals surface area (Å²) in [7, 11) is 0. The summed E-state index contributed by atoms with van der Waals surface area (Å²) in [5.41, 5.74) is 1.71. The van der Waals surface area contributed by atoms with Gasteiger partial charge >= 0.3 is 6.09 Å². The third kappa shape index (κ3) is 7.15. The van der Waals surface area contributed by atoms with Crippen LogP contribution in [0.3, 0.4) is 0 Å². The number of carbonyl (C=O) groups excluding carboxylic acids is 2. The average Bonchev–Trinajstić information content (AvgIpc) is 2.73. The maximum absolute atomic E-state index is 13.7. The molecule has 0 radical (unpaired) electrons. The van der Waals surface area contributed by atoms with Crippen molar-refractivity contribution in [2.24, 2.45) is 0 Å². The van der Waals surface area contributed by atoms with E-state index in [1.165, 1.54) is 11.6 Å². The minimum absolute atomic E-state index is 0.0591. The molecule has 0 fully saturated rings. The lowest BCUT2D eigenvalue weighted by atomic mass is 10.1. The quantitative estimate of drug-likeness (QED) is 0.280. The molecular weight excluding hydrogens is 402 g/mol. The molecule has 1 atom stereocenters. The lowest BCUT2D eigenvalue weighted by Crippen LogP contribution is -2.18. The van der Waals surface area contributed by atoms with Gasteiger partial charge in [-0.15, -0.1) is 0 Å². The van der Waals surface area contributed by atoms with Crippen LogP contribution in [0.1, 0.15) is 18.1 Å². The molecule has 30 heavy (non-hydrogen) atoms. The molecule has 0 spiro atoms. The van der Waals surface area contributed by atoms with Crippen LogP contribution in [0.25, 0.3) is 0 Å². The summed E-state index contributed by atoms with van der Waals surface area (Å²) in [6.45, 7) is -0.0325. The number of carbonyl (C=O) groups is 2. The molecule has 0 aliphatic rings. The van der Waals surface area contributed by atoms with Crippen molar-refractivity contribution >= 4 is 17.7 Å². The maximum Gasteiger partial charge on any atom is 0.412 e. The number of aliphatic hydroxyl groups is 1. The van der Waals surface area contributed by atoms with E-state index in [1.807, 2.05) is 0 Å². The van der Waals surface area contributed by atoms with Crippen molar-refractivity contribution in [2.75, 3.05) is 18.5 Å². The van der Waals surface area contributed by atoms with Gasteiger partial charge in [-0.2, -0.15) is 0 Å². The van der Waals surface area contributed by atoms with Gasteiger partial charge < -0.3 is 14.6 Å². The number of nitrogens with one attached hydrogen (secondary N) is 2. The SMILES string of the molecule is O=C(/C=C/C[C@H](OC(=O)Nc1ccc(F)cc1F)c1ccc(OCCO)cc1)NO. The molecule has 10 heteroatoms. The Kier molecular flexibility index (Phi) is 8.73. The minimum atomic E-state index is -0.994. The van der Waals surface area contributed by atoms with Gasteiger partial charge in [0.15, 0.2) is 0 Å². The third-order valence-corrected chi connectivity index (χ3v) is 3.76. The predicted octanol–water partition coefficient (Wildman–Crippen LogP) is 3.08. The van der Waals surface area contributed by atoms with Crippen LogP contribution < -0.4 is 15.5 Å². The summed E-state index contributed by atoms with van der Waals surface area (Å²) in [6, 6.07) is 9.09. The molecule has 0 saturated heterocycles. The van der Waals surface area contributed by atoms with Crippen molar-refractivity contribution < 1.29 is 38.2 Å². The maximum atomic E-state index is 13.7. The molecule has 160 valence electrons. The number of ether oxygens (including phenoxy) is 2. The van der Waals surface area contributed by atoms with Gasteiger partial charge in [-0.05, 0) is 29.8 Å². The van der Waals surface area contributed by atoms with Crippen molar-refractivity contribution in [3.05, 3.63) is 71.8 Å². The van der Waals surface area contributed by atoms with Crippen LogP contribution in [0.2, 0.25) is 0 Å². The Labute approximate surface area is 170 Å². The van der Waals surface area contributed by atoms with Crippen molar-refractivity contribution in [3.8, 4) is 5.75 Å². The van der Waals surface area contributed by atoms with E-state index in [-0.39, 0.29) is 25.3 Å². The molecule has 2 rings (SSSR count). The van der Waals surface area contributed by atoms with Crippen LogP contribution in [0.15, 0.2) is 54.6 Å². The highest BCUT2D eigenvalue weighted by molar-refractivity contribution is 5.86. The summed E-state index contributed by atoms with van der Waals surface area (Å²) in [5.74, 6) is -2.03. The van der Waals surface area contributed by atoms with Gasteiger partial charge in [0.2, 0.25) is 0 Å². The predicted molar refractivity (Wildman–Crippen MR) is 102 cm³/mol. The van der Waals surface area contributed by atoms with E-state index in [0.717, 1.165) is 18.2 Å². The fraction of sp³-hybridized carbons (Fsp3) is 0.200. The third-order valence-electron chi connectivity index (χ3n) is 3.76. The standard InChI is InChI=1S/C20H20F2N2O6/c21-14-6-9-17(16(22)12-14)23-20(27)30-18(2-1-3-19(26)24-28)13-4-7-15(8-5-13)29-11-10-25/h1,3-9,12,18,25,28H,2,10-11H2,(H,23,27)(H,24,26)/b3-1+/t18-/m0/s1. The topological polar surface area (TPSA) is 117 Å². The van der Waals surface area contributed by atoms with E-state index in [9.17, 15) is 18.4 Å². The van der Waals surface area contributed by atoms with Gasteiger partial charge in [-0.25, -0.2) is 19.1 Å². The van der Waals surface area contributed by atoms with Gasteiger partial charge in [0.05, 0.1) is 12.3 Å². The fourth-order valence-electron chi connectivity index (χ4n) is 2.39. The van der Waals surface area contributed by atoms with Crippen LogP contribution in [-0.2, 0) is 9.53 Å². The number of halogens is 2. The zero-order valence-corrected chi connectivity index (χ0v) is 15.7. The number of benzene rings is 2. The summed E-state index contributed by atoms with van der Waals surface area (Å²) < 4.78 is 37.3. The summed E-state index contributed by atoms with van der Waals surface area (Å²) in [4.78, 5) is 23.3. The fourth-order valence-corrected chi connectivity index (χ4v) is 2.39. The van der Waals surface area contributed by atoms with E-state index >= 15 is 0 Å². The number of amides is 2. The monoisotopic (exact) mass is 422 g/mol. The number of hydroxylamine groups is 1. The molecule has 2 amide bonds. The second kappa shape index (κ2) is 11.5. The number of aliphatic hydroxyl groups excluding tert-OH is 1. The van der Waals surface area contributed by atoms with Crippen LogP contribution in [0, 0.1) is 11.6 Å². The van der Waals surface area contributed by atoms with Crippen molar-refractivity contribution in [2.45, 2.75) is 12.5 Å². The van der Waals surface area contributed by atoms with Crippen molar-refractivity contribution in [1.82, 2.24) is 5.48 Å². The lowest BCUT2D eigenvalue weighted by molar-refractivity contribution is -0.124. The molecule has 2 aromatic carbocycles. The Hall–Kier alpha value is -3.50. The summed E-state index contributed by atoms with van der Waals surface area (Å²) in [5, 5.41) is 19.5. The van der Waals surface area contributed by atoms with Gasteiger partial charge in [-0.3, -0.25) is 15.3 Å². The van der Waals surface area contributed by atoms with Gasteiger partial charge in [0.1, 0.15) is 30.1 Å². The molecule has 8 nitrogen and oxygen atoms in total. The summed E-state index contributed by atoms with van der Waals surface area (Å²) >= 11 is 0. The Morgan fingerprint density at radius 1 is 1.13 bits per heavy atom. The molecule has 0 bridgehead atoms. The second-order valence-electron chi connectivity index (χ2n) is 5.90. The molecule has 0 heterocycles. The molecule has 4 N–H and O–H groups in total. The van der Waals surface area contributed by atoms with E-state index in [1.54, 1.807) is 24.3 Å². The normalized spacial score (nSPS) is 11.7.